The summed E-state index contributed by atoms with van der Waals surface area (Å²) in [5.41, 5.74) is 0.612. The highest BCUT2D eigenvalue weighted by Crippen LogP contribution is 2.31. The van der Waals surface area contributed by atoms with Crippen LogP contribution in [0.2, 0.25) is 0 Å². The molecule has 1 fully saturated rings. The van der Waals surface area contributed by atoms with Crippen LogP contribution in [0.1, 0.15) is 36.5 Å². The summed E-state index contributed by atoms with van der Waals surface area (Å²) in [7, 11) is -2.48. The van der Waals surface area contributed by atoms with Crippen LogP contribution in [-0.4, -0.2) is 58.0 Å². The van der Waals surface area contributed by atoms with E-state index in [1.807, 2.05) is 0 Å². The van der Waals surface area contributed by atoms with Crippen molar-refractivity contribution in [1.82, 2.24) is 4.31 Å². The summed E-state index contributed by atoms with van der Waals surface area (Å²) in [4.78, 5) is 24.1. The number of sulfonamides is 1. The van der Waals surface area contributed by atoms with Gasteiger partial charge in [0.05, 0.1) is 19.3 Å². The molecule has 0 radical (unpaired) electrons. The van der Waals surface area contributed by atoms with Gasteiger partial charge in [-0.25, -0.2) is 13.2 Å². The van der Waals surface area contributed by atoms with E-state index in [4.69, 9.17) is 9.47 Å². The molecular formula is C23H28N2O7S. The van der Waals surface area contributed by atoms with Gasteiger partial charge in [-0.15, -0.1) is 0 Å². The van der Waals surface area contributed by atoms with Gasteiger partial charge in [0.25, 0.3) is 5.91 Å². The predicted octanol–water partition coefficient (Wildman–Crippen LogP) is 3.06. The van der Waals surface area contributed by atoms with Crippen LogP contribution in [0.25, 0.3) is 0 Å². The Hall–Kier alpha value is -3.11. The Labute approximate surface area is 193 Å². The maximum atomic E-state index is 13.2. The first-order valence-corrected chi connectivity index (χ1v) is 12.2. The van der Waals surface area contributed by atoms with E-state index in [0.29, 0.717) is 36.7 Å². The van der Waals surface area contributed by atoms with Crippen molar-refractivity contribution in [2.45, 2.75) is 31.1 Å². The highest BCUT2D eigenvalue weighted by molar-refractivity contribution is 7.89. The van der Waals surface area contributed by atoms with E-state index in [-0.39, 0.29) is 17.3 Å². The zero-order chi connectivity index (χ0) is 23.8. The molecule has 1 heterocycles. The number of methoxy groups -OCH3 is 1. The van der Waals surface area contributed by atoms with E-state index in [1.165, 1.54) is 29.6 Å². The SMILES string of the molecule is CCOc1ccc(NC(=O)COc2cccc(C(=O)OC)c2)cc1S(=O)(=O)N1CCCCC1. The normalized spacial score (nSPS) is 14.4. The molecule has 0 unspecified atom stereocenters. The molecule has 2 aromatic carbocycles. The zero-order valence-corrected chi connectivity index (χ0v) is 19.5. The van der Waals surface area contributed by atoms with Crippen LogP contribution in [0.5, 0.6) is 11.5 Å². The van der Waals surface area contributed by atoms with E-state index < -0.39 is 21.9 Å². The second-order valence-electron chi connectivity index (χ2n) is 7.42. The monoisotopic (exact) mass is 476 g/mol. The van der Waals surface area contributed by atoms with E-state index in [1.54, 1.807) is 31.2 Å². The van der Waals surface area contributed by atoms with Gasteiger partial charge >= 0.3 is 5.97 Å². The summed E-state index contributed by atoms with van der Waals surface area (Å²) in [6.07, 6.45) is 2.63. The number of ether oxygens (including phenoxy) is 3. The number of amides is 1. The fourth-order valence-corrected chi connectivity index (χ4v) is 5.16. The maximum Gasteiger partial charge on any atom is 0.337 e. The van der Waals surface area contributed by atoms with Crippen molar-refractivity contribution in [2.75, 3.05) is 38.7 Å². The van der Waals surface area contributed by atoms with Gasteiger partial charge in [0.1, 0.15) is 16.4 Å². The van der Waals surface area contributed by atoms with E-state index in [9.17, 15) is 18.0 Å². The van der Waals surface area contributed by atoms with Crippen LogP contribution in [0.4, 0.5) is 5.69 Å². The van der Waals surface area contributed by atoms with Crippen molar-refractivity contribution >= 4 is 27.6 Å². The Balaban J connectivity index is 1.72. The Morgan fingerprint density at radius 2 is 1.79 bits per heavy atom. The number of carbonyl (C=O) groups excluding carboxylic acids is 2. The van der Waals surface area contributed by atoms with Gasteiger partial charge in [0.15, 0.2) is 6.61 Å². The average molecular weight is 477 g/mol. The van der Waals surface area contributed by atoms with Crippen LogP contribution in [0.3, 0.4) is 0 Å². The van der Waals surface area contributed by atoms with Crippen LogP contribution < -0.4 is 14.8 Å². The molecular weight excluding hydrogens is 448 g/mol. The molecule has 178 valence electrons. The number of nitrogens with zero attached hydrogens (tertiary/aromatic N) is 1. The molecule has 33 heavy (non-hydrogen) atoms. The number of hydrogen-bond acceptors (Lipinski definition) is 7. The number of benzene rings is 2. The van der Waals surface area contributed by atoms with Gasteiger partial charge in [-0.2, -0.15) is 4.31 Å². The molecule has 10 heteroatoms. The van der Waals surface area contributed by atoms with Crippen molar-refractivity contribution in [3.63, 3.8) is 0 Å². The number of esters is 1. The molecule has 1 saturated heterocycles. The van der Waals surface area contributed by atoms with Gasteiger partial charge in [-0.3, -0.25) is 4.79 Å². The fraction of sp³-hybridized carbons (Fsp3) is 0.391. The zero-order valence-electron chi connectivity index (χ0n) is 18.7. The lowest BCUT2D eigenvalue weighted by molar-refractivity contribution is -0.118. The molecule has 0 aliphatic carbocycles. The number of piperidine rings is 1. The fourth-order valence-electron chi connectivity index (χ4n) is 3.48. The average Bonchev–Trinajstić information content (AvgIpc) is 2.84. The third-order valence-electron chi connectivity index (χ3n) is 5.09. The lowest BCUT2D eigenvalue weighted by Gasteiger charge is -2.27. The number of carbonyl (C=O) groups is 2. The summed E-state index contributed by atoms with van der Waals surface area (Å²) >= 11 is 0. The quantitative estimate of drug-likeness (QED) is 0.554. The topological polar surface area (TPSA) is 111 Å². The Morgan fingerprint density at radius 3 is 2.48 bits per heavy atom. The lowest BCUT2D eigenvalue weighted by Crippen LogP contribution is -2.35. The molecule has 2 aromatic rings. The molecule has 1 N–H and O–H groups in total. The number of hydrogen-bond donors (Lipinski definition) is 1. The lowest BCUT2D eigenvalue weighted by atomic mass is 10.2. The van der Waals surface area contributed by atoms with Crippen molar-refractivity contribution in [2.24, 2.45) is 0 Å². The molecule has 0 aromatic heterocycles. The molecule has 1 aliphatic heterocycles. The Kier molecular flexibility index (Phi) is 8.29. The second-order valence-corrected chi connectivity index (χ2v) is 9.32. The molecule has 0 atom stereocenters. The van der Waals surface area contributed by atoms with E-state index in [0.717, 1.165) is 19.3 Å². The Bertz CT molecular complexity index is 1100. The minimum absolute atomic E-state index is 0.0238. The molecule has 3 rings (SSSR count). The van der Waals surface area contributed by atoms with Crippen molar-refractivity contribution in [3.8, 4) is 11.5 Å². The Morgan fingerprint density at radius 1 is 1.03 bits per heavy atom. The third-order valence-corrected chi connectivity index (χ3v) is 7.01. The van der Waals surface area contributed by atoms with Crippen LogP contribution >= 0.6 is 0 Å². The summed E-state index contributed by atoms with van der Waals surface area (Å²) < 4.78 is 43.6. The van der Waals surface area contributed by atoms with Crippen LogP contribution in [-0.2, 0) is 19.6 Å². The standard InChI is InChI=1S/C23H28N2O7S/c1-3-31-20-11-10-18(15-21(20)33(28,29)25-12-5-4-6-13-25)24-22(26)16-32-19-9-7-8-17(14-19)23(27)30-2/h7-11,14-15H,3-6,12-13,16H2,1-2H3,(H,24,26). The smallest absolute Gasteiger partial charge is 0.337 e. The first-order chi connectivity index (χ1) is 15.8. The summed E-state index contributed by atoms with van der Waals surface area (Å²) in [5, 5.41) is 2.65. The summed E-state index contributed by atoms with van der Waals surface area (Å²) in [6.45, 7) is 2.68. The maximum absolute atomic E-state index is 13.2. The first kappa shape index (κ1) is 24.5. The van der Waals surface area contributed by atoms with E-state index in [2.05, 4.69) is 10.1 Å². The molecule has 0 bridgehead atoms. The van der Waals surface area contributed by atoms with Crippen LogP contribution in [0, 0.1) is 0 Å². The highest BCUT2D eigenvalue weighted by Gasteiger charge is 2.29. The number of anilines is 1. The molecule has 9 nitrogen and oxygen atoms in total. The largest absolute Gasteiger partial charge is 0.492 e. The second kappa shape index (κ2) is 11.2. The third kappa shape index (κ3) is 6.23. The number of rotatable bonds is 9. The molecule has 1 aliphatic rings. The van der Waals surface area contributed by atoms with E-state index >= 15 is 0 Å². The molecule has 0 saturated carbocycles. The van der Waals surface area contributed by atoms with Crippen molar-refractivity contribution in [3.05, 3.63) is 48.0 Å². The molecule has 1 amide bonds. The first-order valence-electron chi connectivity index (χ1n) is 10.7. The van der Waals surface area contributed by atoms with Gasteiger partial charge < -0.3 is 19.5 Å². The number of nitrogens with one attached hydrogen (secondary N) is 1. The van der Waals surface area contributed by atoms with Gasteiger partial charge in [-0.1, -0.05) is 12.5 Å². The highest BCUT2D eigenvalue weighted by atomic mass is 32.2. The minimum Gasteiger partial charge on any atom is -0.492 e. The van der Waals surface area contributed by atoms with Gasteiger partial charge in [0, 0.05) is 18.8 Å². The summed E-state index contributed by atoms with van der Waals surface area (Å²) in [6, 6.07) is 10.8. The van der Waals surface area contributed by atoms with Crippen molar-refractivity contribution in [1.29, 1.82) is 0 Å². The van der Waals surface area contributed by atoms with Gasteiger partial charge in [-0.05, 0) is 56.2 Å². The predicted molar refractivity (Wildman–Crippen MR) is 122 cm³/mol. The van der Waals surface area contributed by atoms with Crippen LogP contribution in [0.15, 0.2) is 47.4 Å². The minimum atomic E-state index is -3.76. The molecule has 0 spiro atoms. The van der Waals surface area contributed by atoms with Gasteiger partial charge in [0.2, 0.25) is 10.0 Å². The summed E-state index contributed by atoms with van der Waals surface area (Å²) in [5.74, 6) is -0.421. The van der Waals surface area contributed by atoms with Crippen molar-refractivity contribution < 1.29 is 32.2 Å².